The number of carbonyl (C=O) groups is 2. The Labute approximate surface area is 131 Å². The third-order valence-electron chi connectivity index (χ3n) is 2.76. The molecule has 0 saturated heterocycles. The number of ether oxygens (including phenoxy) is 1. The minimum Gasteiger partial charge on any atom is -0.492 e. The van der Waals surface area contributed by atoms with Crippen molar-refractivity contribution in [3.63, 3.8) is 0 Å². The highest BCUT2D eigenvalue weighted by Gasteiger charge is 2.30. The van der Waals surface area contributed by atoms with Crippen LogP contribution in [-0.2, 0) is 9.59 Å². The van der Waals surface area contributed by atoms with Crippen LogP contribution in [0, 0.1) is 6.92 Å². The molecule has 3 N–H and O–H groups in total. The van der Waals surface area contributed by atoms with E-state index in [4.69, 9.17) is 9.84 Å². The summed E-state index contributed by atoms with van der Waals surface area (Å²) < 4.78 is 6.26. The van der Waals surface area contributed by atoms with E-state index in [0.29, 0.717) is 5.75 Å². The van der Waals surface area contributed by atoms with Gasteiger partial charge in [-0.25, -0.2) is 4.79 Å². The molecule has 1 aromatic carbocycles. The molecule has 0 fully saturated rings. The summed E-state index contributed by atoms with van der Waals surface area (Å²) in [6, 6.07) is 5.59. The molecule has 0 heterocycles. The second kappa shape index (κ2) is 7.42. The second-order valence-corrected chi connectivity index (χ2v) is 5.74. The summed E-state index contributed by atoms with van der Waals surface area (Å²) in [5.41, 5.74) is -0.890. The van der Waals surface area contributed by atoms with Crippen molar-refractivity contribution in [2.24, 2.45) is 0 Å². The Hall–Kier alpha value is -1.60. The zero-order valence-electron chi connectivity index (χ0n) is 11.9. The van der Waals surface area contributed by atoms with Gasteiger partial charge >= 0.3 is 5.97 Å². The van der Waals surface area contributed by atoms with E-state index in [-0.39, 0.29) is 25.5 Å². The Kier molecular flexibility index (Phi) is 6.17. The van der Waals surface area contributed by atoms with Crippen LogP contribution in [0.5, 0.6) is 5.75 Å². The Morgan fingerprint density at radius 1 is 1.43 bits per heavy atom. The van der Waals surface area contributed by atoms with Gasteiger partial charge in [0.1, 0.15) is 5.75 Å². The van der Waals surface area contributed by atoms with Gasteiger partial charge < -0.3 is 20.3 Å². The van der Waals surface area contributed by atoms with Crippen LogP contribution in [0.15, 0.2) is 22.7 Å². The molecule has 21 heavy (non-hydrogen) atoms. The van der Waals surface area contributed by atoms with Crippen molar-refractivity contribution in [2.75, 3.05) is 13.2 Å². The first-order chi connectivity index (χ1) is 9.72. The van der Waals surface area contributed by atoms with Gasteiger partial charge in [-0.1, -0.05) is 6.07 Å². The molecule has 1 atom stereocenters. The summed E-state index contributed by atoms with van der Waals surface area (Å²) in [5, 5.41) is 20.5. The maximum Gasteiger partial charge on any atom is 0.337 e. The Balaban J connectivity index is 2.35. The first-order valence-corrected chi connectivity index (χ1v) is 7.13. The van der Waals surface area contributed by atoms with Crippen molar-refractivity contribution in [2.45, 2.75) is 25.9 Å². The molecule has 1 amide bonds. The smallest absolute Gasteiger partial charge is 0.337 e. The highest BCUT2D eigenvalue weighted by Crippen LogP contribution is 2.25. The lowest BCUT2D eigenvalue weighted by Gasteiger charge is -2.18. The number of aliphatic hydroxyl groups is 1. The average Bonchev–Trinajstić information content (AvgIpc) is 2.39. The third-order valence-corrected chi connectivity index (χ3v) is 3.38. The zero-order valence-corrected chi connectivity index (χ0v) is 13.4. The van der Waals surface area contributed by atoms with Crippen LogP contribution in [-0.4, -0.2) is 40.8 Å². The van der Waals surface area contributed by atoms with E-state index in [2.05, 4.69) is 21.2 Å². The number of aliphatic carboxylic acids is 1. The van der Waals surface area contributed by atoms with E-state index in [1.165, 1.54) is 0 Å². The number of hydrogen-bond donors (Lipinski definition) is 3. The molecule has 0 aliphatic heterocycles. The maximum atomic E-state index is 11.5. The summed E-state index contributed by atoms with van der Waals surface area (Å²) in [4.78, 5) is 22.2. The van der Waals surface area contributed by atoms with Gasteiger partial charge in [-0.2, -0.15) is 0 Å². The maximum absolute atomic E-state index is 11.5. The molecule has 0 aliphatic carbocycles. The number of aryl methyl sites for hydroxylation is 1. The van der Waals surface area contributed by atoms with Crippen molar-refractivity contribution < 1.29 is 24.5 Å². The van der Waals surface area contributed by atoms with Crippen LogP contribution in [0.1, 0.15) is 18.9 Å². The van der Waals surface area contributed by atoms with Crippen LogP contribution in [0.25, 0.3) is 0 Å². The van der Waals surface area contributed by atoms with Crippen LogP contribution >= 0.6 is 15.9 Å². The number of carboxylic acids is 1. The molecule has 1 unspecified atom stereocenters. The highest BCUT2D eigenvalue weighted by molar-refractivity contribution is 9.10. The molecule has 0 saturated carbocycles. The first-order valence-electron chi connectivity index (χ1n) is 6.34. The molecule has 0 radical (unpaired) electrons. The number of halogens is 1. The summed E-state index contributed by atoms with van der Waals surface area (Å²) in [7, 11) is 0. The van der Waals surface area contributed by atoms with Crippen LogP contribution in [0.3, 0.4) is 0 Å². The van der Waals surface area contributed by atoms with E-state index in [9.17, 15) is 14.7 Å². The largest absolute Gasteiger partial charge is 0.492 e. The molecule has 1 rings (SSSR count). The molecule has 116 valence electrons. The lowest BCUT2D eigenvalue weighted by molar-refractivity contribution is -0.156. The number of benzene rings is 1. The van der Waals surface area contributed by atoms with Crippen molar-refractivity contribution in [3.8, 4) is 5.75 Å². The number of carboxylic acid groups (broad SMARTS) is 1. The standard InChI is InChI=1S/C14H18BrNO5/c1-9-3-4-11(10(15)7-9)21-6-5-12(17)16-8-14(2,20)13(18)19/h3-4,7,20H,5-6,8H2,1-2H3,(H,16,17)(H,18,19). The molecule has 1 aromatic rings. The molecular weight excluding hydrogens is 342 g/mol. The predicted molar refractivity (Wildman–Crippen MR) is 80.3 cm³/mol. The number of carbonyl (C=O) groups excluding carboxylic acids is 1. The van der Waals surface area contributed by atoms with Gasteiger partial charge in [-0.05, 0) is 47.5 Å². The molecule has 0 aromatic heterocycles. The van der Waals surface area contributed by atoms with E-state index in [0.717, 1.165) is 17.0 Å². The zero-order chi connectivity index (χ0) is 16.0. The van der Waals surface area contributed by atoms with Crippen LogP contribution in [0.4, 0.5) is 0 Å². The van der Waals surface area contributed by atoms with E-state index in [1.807, 2.05) is 19.1 Å². The number of nitrogens with one attached hydrogen (secondary N) is 1. The predicted octanol–water partition coefficient (Wildman–Crippen LogP) is 1.48. The lowest BCUT2D eigenvalue weighted by atomic mass is 10.1. The summed E-state index contributed by atoms with van der Waals surface area (Å²) >= 11 is 3.36. The van der Waals surface area contributed by atoms with Crippen LogP contribution < -0.4 is 10.1 Å². The fourth-order valence-electron chi connectivity index (χ4n) is 1.41. The minimum atomic E-state index is -1.98. The summed E-state index contributed by atoms with van der Waals surface area (Å²) in [6.07, 6.45) is 0.0655. The first kappa shape index (κ1) is 17.5. The van der Waals surface area contributed by atoms with Crippen molar-refractivity contribution in [1.82, 2.24) is 5.32 Å². The van der Waals surface area contributed by atoms with Crippen LogP contribution in [0.2, 0.25) is 0 Å². The van der Waals surface area contributed by atoms with Gasteiger partial charge in [0.15, 0.2) is 5.60 Å². The normalized spacial score (nSPS) is 13.3. The fraction of sp³-hybridized carbons (Fsp3) is 0.429. The highest BCUT2D eigenvalue weighted by atomic mass is 79.9. The van der Waals surface area contributed by atoms with E-state index < -0.39 is 11.6 Å². The molecule has 0 bridgehead atoms. The van der Waals surface area contributed by atoms with Crippen molar-refractivity contribution in [1.29, 1.82) is 0 Å². The number of hydrogen-bond acceptors (Lipinski definition) is 4. The molecule has 0 aliphatic rings. The Bertz CT molecular complexity index is 530. The van der Waals surface area contributed by atoms with E-state index >= 15 is 0 Å². The van der Waals surface area contributed by atoms with Gasteiger partial charge in [0.05, 0.1) is 24.0 Å². The second-order valence-electron chi connectivity index (χ2n) is 4.89. The van der Waals surface area contributed by atoms with Crippen molar-refractivity contribution in [3.05, 3.63) is 28.2 Å². The number of amides is 1. The average molecular weight is 360 g/mol. The summed E-state index contributed by atoms with van der Waals surface area (Å²) in [6.45, 7) is 2.88. The molecule has 6 nitrogen and oxygen atoms in total. The molecule has 0 spiro atoms. The minimum absolute atomic E-state index is 0.0655. The summed E-state index contributed by atoms with van der Waals surface area (Å²) in [5.74, 6) is -1.15. The van der Waals surface area contributed by atoms with Gasteiger partial charge in [0.25, 0.3) is 0 Å². The lowest BCUT2D eigenvalue weighted by Crippen LogP contribution is -2.46. The fourth-order valence-corrected chi connectivity index (χ4v) is 2.02. The topological polar surface area (TPSA) is 95.9 Å². The quantitative estimate of drug-likeness (QED) is 0.685. The van der Waals surface area contributed by atoms with Crippen molar-refractivity contribution >= 4 is 27.8 Å². The van der Waals surface area contributed by atoms with Gasteiger partial charge in [0.2, 0.25) is 5.91 Å². The van der Waals surface area contributed by atoms with Gasteiger partial charge in [-0.3, -0.25) is 4.79 Å². The van der Waals surface area contributed by atoms with E-state index in [1.54, 1.807) is 6.07 Å². The Morgan fingerprint density at radius 3 is 2.67 bits per heavy atom. The SMILES string of the molecule is Cc1ccc(OCCC(=O)NCC(C)(O)C(=O)O)c(Br)c1. The molecular formula is C14H18BrNO5. The number of rotatable bonds is 7. The third kappa shape index (κ3) is 5.73. The van der Waals surface area contributed by atoms with Gasteiger partial charge in [-0.15, -0.1) is 0 Å². The molecule has 7 heteroatoms. The Morgan fingerprint density at radius 2 is 2.10 bits per heavy atom. The monoisotopic (exact) mass is 359 g/mol. The van der Waals surface area contributed by atoms with Gasteiger partial charge in [0, 0.05) is 0 Å².